The summed E-state index contributed by atoms with van der Waals surface area (Å²) in [7, 11) is 0. The highest BCUT2D eigenvalue weighted by Gasteiger charge is 2.21. The Bertz CT molecular complexity index is 847. The van der Waals surface area contributed by atoms with Crippen LogP contribution in [0.5, 0.6) is 0 Å². The second-order valence-electron chi connectivity index (χ2n) is 7.61. The molecule has 0 radical (unpaired) electrons. The highest BCUT2D eigenvalue weighted by atomic mass is 35.5. The number of urea groups is 1. The van der Waals surface area contributed by atoms with Gasteiger partial charge in [-0.2, -0.15) is 0 Å². The molecule has 166 valence electrons. The lowest BCUT2D eigenvalue weighted by Crippen LogP contribution is -2.39. The fourth-order valence-corrected chi connectivity index (χ4v) is 3.75. The average molecular weight is 444 g/mol. The molecular weight excluding hydrogens is 414 g/mol. The molecule has 0 aliphatic carbocycles. The van der Waals surface area contributed by atoms with Gasteiger partial charge in [0.05, 0.1) is 6.61 Å². The summed E-state index contributed by atoms with van der Waals surface area (Å²) in [5, 5.41) is 3.45. The van der Waals surface area contributed by atoms with E-state index < -0.39 is 0 Å². The van der Waals surface area contributed by atoms with Gasteiger partial charge in [0, 0.05) is 49.9 Å². The zero-order valence-corrected chi connectivity index (χ0v) is 18.5. The predicted octanol–water partition coefficient (Wildman–Crippen LogP) is 4.45. The van der Waals surface area contributed by atoms with Gasteiger partial charge in [0.1, 0.15) is 0 Å². The van der Waals surface area contributed by atoms with E-state index in [1.807, 2.05) is 23.1 Å². The predicted molar refractivity (Wildman–Crippen MR) is 123 cm³/mol. The van der Waals surface area contributed by atoms with Crippen molar-refractivity contribution < 1.29 is 14.3 Å². The van der Waals surface area contributed by atoms with Crippen LogP contribution in [-0.2, 0) is 16.0 Å². The summed E-state index contributed by atoms with van der Waals surface area (Å²) >= 11 is 5.97. The van der Waals surface area contributed by atoms with Crippen LogP contribution < -0.4 is 5.32 Å². The molecular formula is C24H30ClN3O3. The molecule has 0 aromatic heterocycles. The zero-order valence-electron chi connectivity index (χ0n) is 17.8. The van der Waals surface area contributed by atoms with Crippen LogP contribution in [0.2, 0.25) is 5.02 Å². The van der Waals surface area contributed by atoms with E-state index in [1.54, 1.807) is 29.2 Å². The molecule has 1 saturated heterocycles. The van der Waals surface area contributed by atoms with Crippen molar-refractivity contribution in [3.8, 4) is 0 Å². The van der Waals surface area contributed by atoms with E-state index in [9.17, 15) is 9.59 Å². The number of nitrogens with zero attached hydrogens (tertiary/aromatic N) is 2. The zero-order chi connectivity index (χ0) is 21.9. The summed E-state index contributed by atoms with van der Waals surface area (Å²) in [5.74, 6) is 0.128. The molecule has 0 spiro atoms. The highest BCUT2D eigenvalue weighted by molar-refractivity contribution is 6.30. The number of nitrogens with one attached hydrogen (secondary N) is 1. The molecule has 6 nitrogen and oxygen atoms in total. The van der Waals surface area contributed by atoms with Gasteiger partial charge in [-0.05, 0) is 43.0 Å². The maximum absolute atomic E-state index is 12.5. The summed E-state index contributed by atoms with van der Waals surface area (Å²) in [6.45, 7) is 3.62. The molecule has 0 unspecified atom stereocenters. The first-order valence-electron chi connectivity index (χ1n) is 10.8. The molecule has 0 atom stereocenters. The number of anilines is 1. The monoisotopic (exact) mass is 443 g/mol. The molecule has 3 amide bonds. The molecule has 7 heteroatoms. The lowest BCUT2D eigenvalue weighted by atomic mass is 10.2. The van der Waals surface area contributed by atoms with Gasteiger partial charge in [0.2, 0.25) is 5.91 Å². The Kier molecular flexibility index (Phi) is 9.18. The van der Waals surface area contributed by atoms with Gasteiger partial charge in [0.15, 0.2) is 0 Å². The number of carbonyl (C=O) groups excluding carboxylic acids is 2. The van der Waals surface area contributed by atoms with E-state index in [4.69, 9.17) is 16.3 Å². The number of benzene rings is 2. The smallest absolute Gasteiger partial charge is 0.321 e. The number of rotatable bonds is 8. The van der Waals surface area contributed by atoms with Gasteiger partial charge < -0.3 is 19.9 Å². The maximum Gasteiger partial charge on any atom is 0.321 e. The van der Waals surface area contributed by atoms with Gasteiger partial charge in [0.25, 0.3) is 0 Å². The number of hydrogen-bond acceptors (Lipinski definition) is 3. The summed E-state index contributed by atoms with van der Waals surface area (Å²) in [5.41, 5.74) is 1.93. The minimum absolute atomic E-state index is 0.128. The Morgan fingerprint density at radius 3 is 2.52 bits per heavy atom. The standard InChI is InChI=1S/C24H30ClN3O3/c25-21-9-4-10-22(19-21)26-24(30)28-14-6-13-27(15-16-28)23(29)11-5-17-31-18-12-20-7-2-1-3-8-20/h1-4,7-10,19H,5-6,11-18H2,(H,26,30). The van der Waals surface area contributed by atoms with Gasteiger partial charge in [-0.25, -0.2) is 4.79 Å². The van der Waals surface area contributed by atoms with Gasteiger partial charge >= 0.3 is 6.03 Å². The van der Waals surface area contributed by atoms with Gasteiger partial charge in [-0.1, -0.05) is 48.0 Å². The Labute approximate surface area is 189 Å². The summed E-state index contributed by atoms with van der Waals surface area (Å²) in [4.78, 5) is 28.7. The van der Waals surface area contributed by atoms with Crippen LogP contribution in [-0.4, -0.2) is 61.1 Å². The van der Waals surface area contributed by atoms with Crippen molar-refractivity contribution in [2.75, 3.05) is 44.7 Å². The van der Waals surface area contributed by atoms with Gasteiger partial charge in [-0.15, -0.1) is 0 Å². The van der Waals surface area contributed by atoms with Crippen molar-refractivity contribution in [3.05, 3.63) is 65.2 Å². The van der Waals surface area contributed by atoms with Crippen LogP contribution in [0, 0.1) is 0 Å². The lowest BCUT2D eigenvalue weighted by molar-refractivity contribution is -0.131. The second-order valence-corrected chi connectivity index (χ2v) is 8.05. The Balaban J connectivity index is 1.33. The Hall–Kier alpha value is -2.57. The minimum atomic E-state index is -0.164. The first-order valence-corrected chi connectivity index (χ1v) is 11.2. The normalized spacial score (nSPS) is 14.2. The molecule has 0 bridgehead atoms. The molecule has 0 saturated carbocycles. The van der Waals surface area contributed by atoms with Crippen LogP contribution in [0.15, 0.2) is 54.6 Å². The molecule has 2 aromatic carbocycles. The second kappa shape index (κ2) is 12.3. The highest BCUT2D eigenvalue weighted by Crippen LogP contribution is 2.16. The molecule has 1 heterocycles. The van der Waals surface area contributed by atoms with E-state index in [2.05, 4.69) is 17.4 Å². The number of halogens is 1. The third kappa shape index (κ3) is 7.89. The first kappa shape index (κ1) is 23.1. The third-order valence-electron chi connectivity index (χ3n) is 5.27. The van der Waals surface area contributed by atoms with Gasteiger partial charge in [-0.3, -0.25) is 4.79 Å². The van der Waals surface area contributed by atoms with E-state index in [0.29, 0.717) is 62.9 Å². The quantitative estimate of drug-likeness (QED) is 0.613. The topological polar surface area (TPSA) is 61.9 Å². The third-order valence-corrected chi connectivity index (χ3v) is 5.50. The van der Waals surface area contributed by atoms with Crippen LogP contribution in [0.3, 0.4) is 0 Å². The number of ether oxygens (including phenoxy) is 1. The first-order chi connectivity index (χ1) is 15.1. The largest absolute Gasteiger partial charge is 0.381 e. The minimum Gasteiger partial charge on any atom is -0.381 e. The van der Waals surface area contributed by atoms with Crippen molar-refractivity contribution in [2.45, 2.75) is 25.7 Å². The van der Waals surface area contributed by atoms with E-state index >= 15 is 0 Å². The van der Waals surface area contributed by atoms with Crippen molar-refractivity contribution in [1.82, 2.24) is 9.80 Å². The summed E-state index contributed by atoms with van der Waals surface area (Å²) in [6.07, 6.45) is 2.83. The van der Waals surface area contributed by atoms with Crippen LogP contribution in [0.4, 0.5) is 10.5 Å². The molecule has 31 heavy (non-hydrogen) atoms. The molecule has 1 aliphatic rings. The number of carbonyl (C=O) groups is 2. The van der Waals surface area contributed by atoms with Crippen LogP contribution in [0.1, 0.15) is 24.8 Å². The lowest BCUT2D eigenvalue weighted by Gasteiger charge is -2.22. The molecule has 1 fully saturated rings. The SMILES string of the molecule is O=C(CCCOCCc1ccccc1)N1CCCN(C(=O)Nc2cccc(Cl)c2)CC1. The fraction of sp³-hybridized carbons (Fsp3) is 0.417. The van der Waals surface area contributed by atoms with Crippen molar-refractivity contribution in [3.63, 3.8) is 0 Å². The Morgan fingerprint density at radius 1 is 0.935 bits per heavy atom. The molecule has 3 rings (SSSR count). The number of hydrogen-bond donors (Lipinski definition) is 1. The van der Waals surface area contributed by atoms with E-state index in [-0.39, 0.29) is 11.9 Å². The van der Waals surface area contributed by atoms with E-state index in [1.165, 1.54) is 5.56 Å². The van der Waals surface area contributed by atoms with Crippen LogP contribution in [0.25, 0.3) is 0 Å². The maximum atomic E-state index is 12.5. The Morgan fingerprint density at radius 2 is 1.71 bits per heavy atom. The summed E-state index contributed by atoms with van der Waals surface area (Å²) < 4.78 is 5.67. The average Bonchev–Trinajstić information content (AvgIpc) is 3.03. The summed E-state index contributed by atoms with van der Waals surface area (Å²) in [6, 6.07) is 17.2. The molecule has 1 aliphatic heterocycles. The fourth-order valence-electron chi connectivity index (χ4n) is 3.56. The molecule has 1 N–H and O–H groups in total. The molecule has 2 aromatic rings. The van der Waals surface area contributed by atoms with Crippen molar-refractivity contribution in [2.24, 2.45) is 0 Å². The van der Waals surface area contributed by atoms with E-state index in [0.717, 1.165) is 12.8 Å². The van der Waals surface area contributed by atoms with Crippen LogP contribution >= 0.6 is 11.6 Å². The number of amides is 3. The van der Waals surface area contributed by atoms with Crippen molar-refractivity contribution >= 4 is 29.2 Å². The van der Waals surface area contributed by atoms with Crippen molar-refractivity contribution in [1.29, 1.82) is 0 Å².